The predicted octanol–water partition coefficient (Wildman–Crippen LogP) is 2.56. The summed E-state index contributed by atoms with van der Waals surface area (Å²) in [6.07, 6.45) is 0. The third kappa shape index (κ3) is 5.94. The molecule has 0 heterocycles. The Morgan fingerprint density at radius 2 is 2.00 bits per heavy atom. The molecule has 0 spiro atoms. The van der Waals surface area contributed by atoms with Gasteiger partial charge in [-0.1, -0.05) is 6.07 Å². The first kappa shape index (κ1) is 17.1. The summed E-state index contributed by atoms with van der Waals surface area (Å²) in [7, 11) is 1.65. The van der Waals surface area contributed by atoms with Gasteiger partial charge in [-0.2, -0.15) is 0 Å². The molecule has 0 amide bonds. The van der Waals surface area contributed by atoms with E-state index in [0.29, 0.717) is 19.2 Å². The summed E-state index contributed by atoms with van der Waals surface area (Å²) in [5, 5.41) is 6.52. The number of rotatable bonds is 7. The first-order valence-electron chi connectivity index (χ1n) is 7.45. The molecule has 0 unspecified atom stereocenters. The van der Waals surface area contributed by atoms with Crippen molar-refractivity contribution in [1.29, 1.82) is 0 Å². The third-order valence-corrected chi connectivity index (χ3v) is 2.72. The topological polar surface area (TPSA) is 54.9 Å². The van der Waals surface area contributed by atoms with Gasteiger partial charge in [-0.25, -0.2) is 4.99 Å². The van der Waals surface area contributed by atoms with Gasteiger partial charge in [0.05, 0.1) is 20.3 Å². The lowest BCUT2D eigenvalue weighted by atomic mass is 10.2. The van der Waals surface area contributed by atoms with Gasteiger partial charge in [-0.05, 0) is 45.4 Å². The van der Waals surface area contributed by atoms with E-state index < -0.39 is 0 Å². The molecule has 0 radical (unpaired) electrons. The molecule has 0 bridgehead atoms. The van der Waals surface area contributed by atoms with Gasteiger partial charge in [0.25, 0.3) is 0 Å². The molecule has 1 aromatic rings. The van der Waals surface area contributed by atoms with Gasteiger partial charge in [0, 0.05) is 12.6 Å². The lowest BCUT2D eigenvalue weighted by Crippen LogP contribution is -2.40. The molecule has 0 aliphatic carbocycles. The number of hydrogen-bond donors (Lipinski definition) is 2. The number of methoxy groups -OCH3 is 1. The molecule has 1 rings (SSSR count). The second-order valence-corrected chi connectivity index (χ2v) is 4.91. The van der Waals surface area contributed by atoms with E-state index >= 15 is 0 Å². The molecular formula is C16H27N3O2. The molecule has 118 valence electrons. The van der Waals surface area contributed by atoms with Crippen LogP contribution in [0.5, 0.6) is 11.5 Å². The van der Waals surface area contributed by atoms with Crippen LogP contribution in [0, 0.1) is 0 Å². The SMILES string of the molecule is CCNC(=NCc1ccc(OCC)c(OC)c1)NC(C)C. The van der Waals surface area contributed by atoms with E-state index in [1.807, 2.05) is 25.1 Å². The minimum atomic E-state index is 0.345. The van der Waals surface area contributed by atoms with E-state index in [4.69, 9.17) is 9.47 Å². The molecule has 1 aromatic carbocycles. The summed E-state index contributed by atoms with van der Waals surface area (Å²) in [6.45, 7) is 10.2. The number of nitrogens with one attached hydrogen (secondary N) is 2. The van der Waals surface area contributed by atoms with Crippen LogP contribution in [0.25, 0.3) is 0 Å². The van der Waals surface area contributed by atoms with E-state index in [0.717, 1.165) is 29.6 Å². The van der Waals surface area contributed by atoms with Gasteiger partial charge < -0.3 is 20.1 Å². The van der Waals surface area contributed by atoms with Gasteiger partial charge >= 0.3 is 0 Å². The van der Waals surface area contributed by atoms with Crippen LogP contribution < -0.4 is 20.1 Å². The van der Waals surface area contributed by atoms with Crippen molar-refractivity contribution < 1.29 is 9.47 Å². The zero-order chi connectivity index (χ0) is 15.7. The van der Waals surface area contributed by atoms with Crippen LogP contribution in [0.2, 0.25) is 0 Å². The smallest absolute Gasteiger partial charge is 0.191 e. The molecule has 5 heteroatoms. The lowest BCUT2D eigenvalue weighted by molar-refractivity contribution is 0.310. The Labute approximate surface area is 127 Å². The minimum absolute atomic E-state index is 0.345. The Hall–Kier alpha value is -1.91. The Kier molecular flexibility index (Phi) is 7.43. The first-order valence-corrected chi connectivity index (χ1v) is 7.45. The summed E-state index contributed by atoms with van der Waals surface area (Å²) in [6, 6.07) is 6.25. The fourth-order valence-electron chi connectivity index (χ4n) is 1.85. The van der Waals surface area contributed by atoms with Crippen LogP contribution >= 0.6 is 0 Å². The summed E-state index contributed by atoms with van der Waals surface area (Å²) in [5.74, 6) is 2.33. The molecule has 2 N–H and O–H groups in total. The minimum Gasteiger partial charge on any atom is -0.493 e. The third-order valence-electron chi connectivity index (χ3n) is 2.72. The molecule has 0 saturated carbocycles. The summed E-state index contributed by atoms with van der Waals surface area (Å²) < 4.78 is 10.9. The number of benzene rings is 1. The van der Waals surface area contributed by atoms with E-state index in [2.05, 4.69) is 36.4 Å². The maximum absolute atomic E-state index is 5.51. The fourth-order valence-corrected chi connectivity index (χ4v) is 1.85. The molecule has 0 fully saturated rings. The van der Waals surface area contributed by atoms with Crippen molar-refractivity contribution in [3.05, 3.63) is 23.8 Å². The van der Waals surface area contributed by atoms with Crippen molar-refractivity contribution in [2.24, 2.45) is 4.99 Å². The van der Waals surface area contributed by atoms with Crippen molar-refractivity contribution in [2.75, 3.05) is 20.3 Å². The molecule has 5 nitrogen and oxygen atoms in total. The van der Waals surface area contributed by atoms with Crippen LogP contribution in [-0.2, 0) is 6.54 Å². The highest BCUT2D eigenvalue weighted by atomic mass is 16.5. The van der Waals surface area contributed by atoms with Crippen LogP contribution in [0.1, 0.15) is 33.3 Å². The fraction of sp³-hybridized carbons (Fsp3) is 0.562. The molecule has 0 aliphatic heterocycles. The highest BCUT2D eigenvalue weighted by Gasteiger charge is 2.05. The lowest BCUT2D eigenvalue weighted by Gasteiger charge is -2.14. The average Bonchev–Trinajstić information content (AvgIpc) is 2.46. The molecule has 0 atom stereocenters. The predicted molar refractivity (Wildman–Crippen MR) is 87.3 cm³/mol. The van der Waals surface area contributed by atoms with E-state index in [9.17, 15) is 0 Å². The Balaban J connectivity index is 2.81. The second kappa shape index (κ2) is 9.10. The monoisotopic (exact) mass is 293 g/mol. The summed E-state index contributed by atoms with van der Waals surface area (Å²) >= 11 is 0. The van der Waals surface area contributed by atoms with Gasteiger partial charge in [0.2, 0.25) is 0 Å². The van der Waals surface area contributed by atoms with Gasteiger partial charge in [0.15, 0.2) is 17.5 Å². The van der Waals surface area contributed by atoms with Crippen LogP contribution in [0.3, 0.4) is 0 Å². The van der Waals surface area contributed by atoms with Crippen molar-refractivity contribution >= 4 is 5.96 Å². The highest BCUT2D eigenvalue weighted by molar-refractivity contribution is 5.80. The van der Waals surface area contributed by atoms with Crippen molar-refractivity contribution in [2.45, 2.75) is 40.3 Å². The van der Waals surface area contributed by atoms with E-state index in [-0.39, 0.29) is 0 Å². The molecule has 0 aliphatic rings. The number of ether oxygens (including phenoxy) is 2. The summed E-state index contributed by atoms with van der Waals surface area (Å²) in [5.41, 5.74) is 1.08. The van der Waals surface area contributed by atoms with Crippen LogP contribution in [-0.4, -0.2) is 32.3 Å². The van der Waals surface area contributed by atoms with Crippen LogP contribution in [0.4, 0.5) is 0 Å². The van der Waals surface area contributed by atoms with Crippen molar-refractivity contribution in [3.8, 4) is 11.5 Å². The Morgan fingerprint density at radius 3 is 2.57 bits per heavy atom. The number of guanidine groups is 1. The Bertz CT molecular complexity index is 459. The first-order chi connectivity index (χ1) is 10.1. The van der Waals surface area contributed by atoms with Crippen molar-refractivity contribution in [3.63, 3.8) is 0 Å². The number of nitrogens with zero attached hydrogens (tertiary/aromatic N) is 1. The largest absolute Gasteiger partial charge is 0.493 e. The standard InChI is InChI=1S/C16H27N3O2/c1-6-17-16(19-12(3)4)18-11-13-8-9-14(21-7-2)15(10-13)20-5/h8-10,12H,6-7,11H2,1-5H3,(H2,17,18,19). The maximum Gasteiger partial charge on any atom is 0.191 e. The normalized spacial score (nSPS) is 11.4. The average molecular weight is 293 g/mol. The molecule has 0 saturated heterocycles. The summed E-state index contributed by atoms with van der Waals surface area (Å²) in [4.78, 5) is 4.57. The second-order valence-electron chi connectivity index (χ2n) is 4.91. The Morgan fingerprint density at radius 1 is 1.24 bits per heavy atom. The molecular weight excluding hydrogens is 266 g/mol. The number of hydrogen-bond acceptors (Lipinski definition) is 3. The van der Waals surface area contributed by atoms with Gasteiger partial charge in [-0.15, -0.1) is 0 Å². The van der Waals surface area contributed by atoms with Crippen molar-refractivity contribution in [1.82, 2.24) is 10.6 Å². The quantitative estimate of drug-likeness (QED) is 0.599. The zero-order valence-electron chi connectivity index (χ0n) is 13.7. The van der Waals surface area contributed by atoms with Gasteiger partial charge in [0.1, 0.15) is 0 Å². The highest BCUT2D eigenvalue weighted by Crippen LogP contribution is 2.28. The zero-order valence-corrected chi connectivity index (χ0v) is 13.7. The molecule has 0 aromatic heterocycles. The molecule has 21 heavy (non-hydrogen) atoms. The van der Waals surface area contributed by atoms with E-state index in [1.54, 1.807) is 7.11 Å². The number of aliphatic imine (C=N–C) groups is 1. The van der Waals surface area contributed by atoms with Crippen LogP contribution in [0.15, 0.2) is 23.2 Å². The van der Waals surface area contributed by atoms with Gasteiger partial charge in [-0.3, -0.25) is 0 Å². The maximum atomic E-state index is 5.51. The van der Waals surface area contributed by atoms with E-state index in [1.165, 1.54) is 0 Å².